The Morgan fingerprint density at radius 2 is 0.721 bits per heavy atom. The summed E-state index contributed by atoms with van der Waals surface area (Å²) in [5.74, 6) is 0. The Morgan fingerprint density at radius 1 is 0.246 bits per heavy atom. The van der Waals surface area contributed by atoms with Crippen LogP contribution in [0.3, 0.4) is 0 Å². The van der Waals surface area contributed by atoms with E-state index in [1.165, 1.54) is 93.5 Å². The minimum absolute atomic E-state index is 0.400. The predicted molar refractivity (Wildman–Crippen MR) is 255 cm³/mol. The number of hydrogen-bond donors (Lipinski definition) is 0. The number of benzene rings is 10. The normalized spacial score (nSPS) is 13.0. The van der Waals surface area contributed by atoms with Crippen molar-refractivity contribution in [2.24, 2.45) is 0 Å². The lowest BCUT2D eigenvalue weighted by molar-refractivity contribution is 0.794. The van der Waals surface area contributed by atoms with Gasteiger partial charge in [0.2, 0.25) is 0 Å². The highest BCUT2D eigenvalue weighted by Gasteiger charge is 2.51. The molecule has 0 aliphatic heterocycles. The van der Waals surface area contributed by atoms with Crippen molar-refractivity contribution in [3.05, 3.63) is 247 Å². The Labute approximate surface area is 354 Å². The minimum atomic E-state index is -0.400. The van der Waals surface area contributed by atoms with Crippen LogP contribution in [0, 0.1) is 0 Å². The average molecular weight is 772 g/mol. The zero-order valence-corrected chi connectivity index (χ0v) is 33.3. The first-order valence-corrected chi connectivity index (χ1v) is 21.2. The van der Waals surface area contributed by atoms with Gasteiger partial charge in [-0.3, -0.25) is 0 Å². The summed E-state index contributed by atoms with van der Waals surface area (Å²) in [4.78, 5) is 5.33. The molecule has 1 aromatic heterocycles. The molecule has 0 radical (unpaired) electrons. The van der Waals surface area contributed by atoms with Gasteiger partial charge >= 0.3 is 0 Å². The first-order chi connectivity index (χ1) is 30.3. The summed E-state index contributed by atoms with van der Waals surface area (Å²) in [6.07, 6.45) is 0. The van der Waals surface area contributed by atoms with E-state index in [1.807, 2.05) is 0 Å². The van der Waals surface area contributed by atoms with Gasteiger partial charge in [0.15, 0.2) is 0 Å². The fourth-order valence-corrected chi connectivity index (χ4v) is 10.9. The van der Waals surface area contributed by atoms with E-state index in [0.29, 0.717) is 0 Å². The third-order valence-electron chi connectivity index (χ3n) is 13.5. The van der Waals surface area contributed by atoms with E-state index in [1.54, 1.807) is 0 Å². The molecular weight excluding hydrogens is 735 g/mol. The fourth-order valence-electron chi connectivity index (χ4n) is 10.9. The van der Waals surface area contributed by atoms with Crippen molar-refractivity contribution >= 4 is 32.3 Å². The van der Waals surface area contributed by atoms with Gasteiger partial charge in [0.25, 0.3) is 0 Å². The molecule has 0 unspecified atom stereocenters. The van der Waals surface area contributed by atoms with Crippen LogP contribution in [0.2, 0.25) is 0 Å². The fraction of sp³-hybridized carbons (Fsp3) is 0.0167. The molecule has 2 aliphatic rings. The SMILES string of the molecule is c1ccc(-c2cc(-c3ccccc3)nc(-c3ccc4c(c3)c3ccccc3c3cccc(-c5ccc6c(c5)C5(c7ccccc7-c7ccccc75)c5ccccc5-6)c34)c2)cc1. The monoisotopic (exact) mass is 771 g/mol. The third kappa shape index (κ3) is 4.86. The van der Waals surface area contributed by atoms with Crippen LogP contribution < -0.4 is 0 Å². The van der Waals surface area contributed by atoms with Gasteiger partial charge in [-0.05, 0) is 123 Å². The molecule has 0 bridgehead atoms. The molecule has 0 saturated carbocycles. The maximum absolute atomic E-state index is 5.33. The second-order valence-electron chi connectivity index (χ2n) is 16.5. The highest BCUT2D eigenvalue weighted by molar-refractivity contribution is 6.29. The predicted octanol–water partition coefficient (Wildman–Crippen LogP) is 15.6. The summed E-state index contributed by atoms with van der Waals surface area (Å²) in [6, 6.07) is 82.8. The van der Waals surface area contributed by atoms with Crippen molar-refractivity contribution in [2.75, 3.05) is 0 Å². The smallest absolute Gasteiger partial charge is 0.0725 e. The average Bonchev–Trinajstić information content (AvgIpc) is 3.81. The van der Waals surface area contributed by atoms with E-state index in [4.69, 9.17) is 4.98 Å². The van der Waals surface area contributed by atoms with E-state index in [2.05, 4.69) is 224 Å². The number of nitrogens with zero attached hydrogens (tertiary/aromatic N) is 1. The topological polar surface area (TPSA) is 12.9 Å². The lowest BCUT2D eigenvalue weighted by Crippen LogP contribution is -2.25. The Bertz CT molecular complexity index is 3460. The van der Waals surface area contributed by atoms with Crippen LogP contribution in [-0.2, 0) is 5.41 Å². The summed E-state index contributed by atoms with van der Waals surface area (Å²) >= 11 is 0. The van der Waals surface area contributed by atoms with Gasteiger partial charge in [0.1, 0.15) is 0 Å². The Balaban J connectivity index is 1.05. The Morgan fingerprint density at radius 3 is 1.38 bits per heavy atom. The number of rotatable bonds is 4. The van der Waals surface area contributed by atoms with Gasteiger partial charge in [-0.25, -0.2) is 4.98 Å². The number of pyridine rings is 1. The highest BCUT2D eigenvalue weighted by Crippen LogP contribution is 2.63. The minimum Gasteiger partial charge on any atom is -0.248 e. The maximum Gasteiger partial charge on any atom is 0.0725 e. The van der Waals surface area contributed by atoms with Gasteiger partial charge < -0.3 is 0 Å². The van der Waals surface area contributed by atoms with E-state index >= 15 is 0 Å². The second kappa shape index (κ2) is 13.1. The van der Waals surface area contributed by atoms with Crippen LogP contribution in [0.25, 0.3) is 99.3 Å². The summed E-state index contributed by atoms with van der Waals surface area (Å²) in [5, 5.41) is 7.50. The number of aromatic nitrogens is 1. The second-order valence-corrected chi connectivity index (χ2v) is 16.5. The molecule has 0 N–H and O–H groups in total. The van der Waals surface area contributed by atoms with Crippen LogP contribution in [0.1, 0.15) is 22.3 Å². The van der Waals surface area contributed by atoms with Crippen LogP contribution >= 0.6 is 0 Å². The molecule has 282 valence electrons. The molecule has 1 heterocycles. The van der Waals surface area contributed by atoms with Crippen molar-refractivity contribution in [2.45, 2.75) is 5.41 Å². The molecule has 1 spiro atoms. The lowest BCUT2D eigenvalue weighted by atomic mass is 9.70. The zero-order chi connectivity index (χ0) is 40.1. The Hall–Kier alpha value is -7.87. The summed E-state index contributed by atoms with van der Waals surface area (Å²) in [5.41, 5.74) is 19.2. The number of fused-ring (bicyclic) bond motifs is 16. The van der Waals surface area contributed by atoms with Crippen molar-refractivity contribution in [3.8, 4) is 67.0 Å². The first kappa shape index (κ1) is 34.0. The molecule has 13 rings (SSSR count). The van der Waals surface area contributed by atoms with E-state index in [9.17, 15) is 0 Å². The summed E-state index contributed by atoms with van der Waals surface area (Å²) in [6.45, 7) is 0. The molecule has 0 amide bonds. The molecule has 0 saturated heterocycles. The van der Waals surface area contributed by atoms with Gasteiger partial charge in [-0.2, -0.15) is 0 Å². The van der Waals surface area contributed by atoms with Gasteiger partial charge in [0.05, 0.1) is 16.8 Å². The summed E-state index contributed by atoms with van der Waals surface area (Å²) in [7, 11) is 0. The van der Waals surface area contributed by atoms with E-state index < -0.39 is 5.41 Å². The molecule has 61 heavy (non-hydrogen) atoms. The van der Waals surface area contributed by atoms with Gasteiger partial charge in [-0.1, -0.05) is 200 Å². The van der Waals surface area contributed by atoms with Crippen molar-refractivity contribution in [1.82, 2.24) is 4.98 Å². The molecule has 0 fully saturated rings. The van der Waals surface area contributed by atoms with Crippen LogP contribution in [0.4, 0.5) is 0 Å². The molecule has 2 aliphatic carbocycles. The largest absolute Gasteiger partial charge is 0.248 e. The third-order valence-corrected chi connectivity index (χ3v) is 13.5. The van der Waals surface area contributed by atoms with Crippen molar-refractivity contribution in [3.63, 3.8) is 0 Å². The number of hydrogen-bond acceptors (Lipinski definition) is 1. The first-order valence-electron chi connectivity index (χ1n) is 21.2. The van der Waals surface area contributed by atoms with Gasteiger partial charge in [-0.15, -0.1) is 0 Å². The molecule has 1 heteroatoms. The molecule has 11 aromatic rings. The molecule has 1 nitrogen and oxygen atoms in total. The molecular formula is C60H37N. The van der Waals surface area contributed by atoms with E-state index in [-0.39, 0.29) is 0 Å². The van der Waals surface area contributed by atoms with Crippen molar-refractivity contribution in [1.29, 1.82) is 0 Å². The zero-order valence-electron chi connectivity index (χ0n) is 33.3. The molecule has 10 aromatic carbocycles. The summed E-state index contributed by atoms with van der Waals surface area (Å²) < 4.78 is 0. The van der Waals surface area contributed by atoms with Gasteiger partial charge in [0, 0.05) is 11.1 Å². The quantitative estimate of drug-likeness (QED) is 0.162. The van der Waals surface area contributed by atoms with Crippen LogP contribution in [0.5, 0.6) is 0 Å². The van der Waals surface area contributed by atoms with Crippen molar-refractivity contribution < 1.29 is 0 Å². The lowest BCUT2D eigenvalue weighted by Gasteiger charge is -2.30. The van der Waals surface area contributed by atoms with Crippen LogP contribution in [-0.4, -0.2) is 4.98 Å². The van der Waals surface area contributed by atoms with E-state index in [0.717, 1.165) is 28.1 Å². The maximum atomic E-state index is 5.33. The van der Waals surface area contributed by atoms with Crippen LogP contribution in [0.15, 0.2) is 224 Å². The Kier molecular flexibility index (Phi) is 7.29. The molecule has 0 atom stereocenters. The highest BCUT2D eigenvalue weighted by atomic mass is 14.7. The standard InChI is InChI=1S/C60H37N/c1-3-16-38(17-4-1)42-36-57(39-18-5-2-6-19-39)61-58(37-42)41-31-33-51-52(34-41)45-21-8-7-20-44(45)50-26-15-25-43(59(50)51)40-30-32-49-48-24-11-14-29-55(48)60(56(49)35-40)53-27-12-9-22-46(53)47-23-10-13-28-54(47)60/h1-37H.